The second-order valence-electron chi connectivity index (χ2n) is 5.47. The molecule has 2 amide bonds. The number of carbonyl (C=O) groups is 1. The third kappa shape index (κ3) is 4.49. The first kappa shape index (κ1) is 16.4. The molecular weight excluding hydrogens is 284 g/mol. The fourth-order valence-electron chi connectivity index (χ4n) is 2.18. The summed E-state index contributed by atoms with van der Waals surface area (Å²) in [5.74, 6) is 6.87. The van der Waals surface area contributed by atoms with Gasteiger partial charge in [0.15, 0.2) is 5.76 Å². The van der Waals surface area contributed by atoms with Crippen molar-refractivity contribution in [2.75, 3.05) is 33.2 Å². The first-order valence-corrected chi connectivity index (χ1v) is 7.24. The first-order valence-electron chi connectivity index (χ1n) is 7.24. The molecule has 1 fully saturated rings. The number of piperazine rings is 1. The van der Waals surface area contributed by atoms with Crippen molar-refractivity contribution in [1.82, 2.24) is 14.9 Å². The predicted molar refractivity (Wildman–Crippen MR) is 81.0 cm³/mol. The number of carbonyl (C=O) groups excluding carboxylic acids is 1. The van der Waals surface area contributed by atoms with Gasteiger partial charge in [-0.1, -0.05) is 5.92 Å². The average Bonchev–Trinajstić information content (AvgIpc) is 2.94. The largest absolute Gasteiger partial charge is 0.451 e. The summed E-state index contributed by atoms with van der Waals surface area (Å²) in [6.45, 7) is 6.50. The molecule has 1 atom stereocenters. The number of urea groups is 1. The Kier molecular flexibility index (Phi) is 5.44. The van der Waals surface area contributed by atoms with Crippen molar-refractivity contribution in [2.45, 2.75) is 19.5 Å². The fourth-order valence-corrected chi connectivity index (χ4v) is 2.18. The summed E-state index contributed by atoms with van der Waals surface area (Å²) in [5.41, 5.74) is 4.96. The van der Waals surface area contributed by atoms with E-state index in [0.717, 1.165) is 38.5 Å². The molecule has 7 nitrogen and oxygen atoms in total. The minimum Gasteiger partial charge on any atom is -0.451 e. The summed E-state index contributed by atoms with van der Waals surface area (Å²) in [6, 6.07) is 2.07. The van der Waals surface area contributed by atoms with Gasteiger partial charge < -0.3 is 15.1 Å². The highest BCUT2D eigenvalue weighted by Gasteiger charge is 2.15. The van der Waals surface area contributed by atoms with Crippen LogP contribution in [0.25, 0.3) is 0 Å². The van der Waals surface area contributed by atoms with Crippen LogP contribution in [0.4, 0.5) is 4.79 Å². The Balaban J connectivity index is 1.90. The number of nitrogens with zero attached hydrogens (tertiary/aromatic N) is 3. The highest BCUT2D eigenvalue weighted by atomic mass is 16.5. The molecule has 1 aliphatic rings. The van der Waals surface area contributed by atoms with E-state index >= 15 is 0 Å². The molecule has 0 aliphatic carbocycles. The van der Waals surface area contributed by atoms with Crippen LogP contribution in [0.15, 0.2) is 16.5 Å². The summed E-state index contributed by atoms with van der Waals surface area (Å²) < 4.78 is 5.66. The fraction of sp³-hybridized carbons (Fsp3) is 0.533. The van der Waals surface area contributed by atoms with Crippen LogP contribution in [0.5, 0.6) is 0 Å². The summed E-state index contributed by atoms with van der Waals surface area (Å²) in [4.78, 5) is 15.4. The molecule has 1 aliphatic heterocycles. The Morgan fingerprint density at radius 2 is 2.14 bits per heavy atom. The number of hydroxylamine groups is 2. The van der Waals surface area contributed by atoms with Crippen molar-refractivity contribution in [2.24, 2.45) is 5.73 Å². The molecular formula is C15H22N4O3. The maximum Gasteiger partial charge on any atom is 0.339 e. The standard InChI is InChI=1S/C15H22N4O3/c1-12(19(21)15(16)20)3-4-13-5-6-14(22-13)11-18-9-7-17(2)8-10-18/h5-6,12,21H,7-11H2,1-2H3,(H2,16,20). The van der Waals surface area contributed by atoms with E-state index in [2.05, 4.69) is 28.7 Å². The third-order valence-corrected chi connectivity index (χ3v) is 3.63. The molecule has 22 heavy (non-hydrogen) atoms. The van der Waals surface area contributed by atoms with Crippen LogP contribution in [-0.4, -0.2) is 65.4 Å². The van der Waals surface area contributed by atoms with E-state index in [1.165, 1.54) is 0 Å². The van der Waals surface area contributed by atoms with Crippen LogP contribution < -0.4 is 5.73 Å². The van der Waals surface area contributed by atoms with E-state index in [0.29, 0.717) is 10.8 Å². The minimum absolute atomic E-state index is 0.390. The van der Waals surface area contributed by atoms with Crippen molar-refractivity contribution >= 4 is 6.03 Å². The van der Waals surface area contributed by atoms with Gasteiger partial charge in [0.1, 0.15) is 11.8 Å². The molecule has 1 saturated heterocycles. The number of hydrogen-bond acceptors (Lipinski definition) is 5. The molecule has 0 radical (unpaired) electrons. The van der Waals surface area contributed by atoms with Crippen molar-refractivity contribution in [3.63, 3.8) is 0 Å². The first-order chi connectivity index (χ1) is 10.5. The Labute approximate surface area is 130 Å². The van der Waals surface area contributed by atoms with Gasteiger partial charge >= 0.3 is 6.03 Å². The van der Waals surface area contributed by atoms with Crippen LogP contribution >= 0.6 is 0 Å². The van der Waals surface area contributed by atoms with Crippen LogP contribution in [0.2, 0.25) is 0 Å². The second kappa shape index (κ2) is 7.31. The van der Waals surface area contributed by atoms with Gasteiger partial charge in [-0.15, -0.1) is 0 Å². The van der Waals surface area contributed by atoms with Gasteiger partial charge in [0.2, 0.25) is 0 Å². The molecule has 0 aromatic carbocycles. The van der Waals surface area contributed by atoms with Crippen molar-refractivity contribution in [3.05, 3.63) is 23.7 Å². The van der Waals surface area contributed by atoms with E-state index < -0.39 is 12.1 Å². The highest BCUT2D eigenvalue weighted by molar-refractivity contribution is 5.71. The lowest BCUT2D eigenvalue weighted by atomic mass is 10.3. The number of furan rings is 1. The molecule has 2 heterocycles. The number of primary amides is 1. The van der Waals surface area contributed by atoms with E-state index in [9.17, 15) is 10.0 Å². The van der Waals surface area contributed by atoms with Gasteiger partial charge in [-0.05, 0) is 32.0 Å². The monoisotopic (exact) mass is 306 g/mol. The van der Waals surface area contributed by atoms with Crippen LogP contribution in [0.1, 0.15) is 18.4 Å². The Morgan fingerprint density at radius 1 is 1.45 bits per heavy atom. The zero-order valence-electron chi connectivity index (χ0n) is 13.0. The number of amides is 2. The maximum absolute atomic E-state index is 10.8. The Bertz CT molecular complexity index is 567. The number of hydrogen-bond donors (Lipinski definition) is 2. The van der Waals surface area contributed by atoms with Gasteiger partial charge in [0, 0.05) is 26.2 Å². The van der Waals surface area contributed by atoms with Crippen LogP contribution in [-0.2, 0) is 6.54 Å². The number of nitrogens with two attached hydrogens (primary N) is 1. The lowest BCUT2D eigenvalue weighted by molar-refractivity contribution is -0.0536. The van der Waals surface area contributed by atoms with E-state index in [4.69, 9.17) is 10.2 Å². The molecule has 1 aromatic rings. The topological polar surface area (TPSA) is 86.2 Å². The summed E-state index contributed by atoms with van der Waals surface area (Å²) in [7, 11) is 2.12. The molecule has 1 unspecified atom stereocenters. The average molecular weight is 306 g/mol. The number of likely N-dealkylation sites (N-methyl/N-ethyl adjacent to an activating group) is 1. The van der Waals surface area contributed by atoms with Gasteiger partial charge in [-0.25, -0.2) is 4.79 Å². The second-order valence-corrected chi connectivity index (χ2v) is 5.47. The molecule has 3 N–H and O–H groups in total. The van der Waals surface area contributed by atoms with Gasteiger partial charge in [-0.3, -0.25) is 10.1 Å². The summed E-state index contributed by atoms with van der Waals surface area (Å²) in [5, 5.41) is 9.72. The third-order valence-electron chi connectivity index (χ3n) is 3.63. The normalized spacial score (nSPS) is 17.6. The van der Waals surface area contributed by atoms with Gasteiger partial charge in [0.25, 0.3) is 0 Å². The zero-order valence-corrected chi connectivity index (χ0v) is 13.0. The smallest absolute Gasteiger partial charge is 0.339 e. The summed E-state index contributed by atoms with van der Waals surface area (Å²) >= 11 is 0. The molecule has 2 rings (SSSR count). The molecule has 7 heteroatoms. The molecule has 0 spiro atoms. The van der Waals surface area contributed by atoms with E-state index in [-0.39, 0.29) is 0 Å². The van der Waals surface area contributed by atoms with Crippen molar-refractivity contribution < 1.29 is 14.4 Å². The quantitative estimate of drug-likeness (QED) is 0.483. The SMILES string of the molecule is CC(C#Cc1ccc(CN2CCN(C)CC2)o1)N(O)C(N)=O. The summed E-state index contributed by atoms with van der Waals surface area (Å²) in [6.07, 6.45) is 0. The van der Waals surface area contributed by atoms with Crippen LogP contribution in [0.3, 0.4) is 0 Å². The molecule has 0 saturated carbocycles. The lowest BCUT2D eigenvalue weighted by Gasteiger charge is -2.31. The van der Waals surface area contributed by atoms with Gasteiger partial charge in [-0.2, -0.15) is 5.06 Å². The minimum atomic E-state index is -0.933. The predicted octanol–water partition coefficient (Wildman–Crippen LogP) is 0.537. The van der Waals surface area contributed by atoms with Gasteiger partial charge in [0.05, 0.1) is 6.54 Å². The molecule has 0 bridgehead atoms. The van der Waals surface area contributed by atoms with Crippen molar-refractivity contribution in [3.8, 4) is 11.8 Å². The molecule has 120 valence electrons. The van der Waals surface area contributed by atoms with E-state index in [1.807, 2.05) is 6.07 Å². The lowest BCUT2D eigenvalue weighted by Crippen LogP contribution is -2.43. The molecule has 1 aromatic heterocycles. The maximum atomic E-state index is 10.8. The Hall–Kier alpha value is -2.01. The highest BCUT2D eigenvalue weighted by Crippen LogP contribution is 2.11. The zero-order chi connectivity index (χ0) is 16.1. The Morgan fingerprint density at radius 3 is 2.77 bits per heavy atom. The van der Waals surface area contributed by atoms with Crippen LogP contribution in [0, 0.1) is 11.8 Å². The number of rotatable bonds is 3. The van der Waals surface area contributed by atoms with E-state index in [1.54, 1.807) is 13.0 Å². The van der Waals surface area contributed by atoms with Crippen molar-refractivity contribution in [1.29, 1.82) is 0 Å².